The highest BCUT2D eigenvalue weighted by atomic mass is 19.1. The van der Waals surface area contributed by atoms with E-state index < -0.39 is 0 Å². The number of halogens is 1. The molecule has 0 aliphatic carbocycles. The van der Waals surface area contributed by atoms with Gasteiger partial charge in [0, 0.05) is 26.2 Å². The Morgan fingerprint density at radius 2 is 2.24 bits per heavy atom. The zero-order chi connectivity index (χ0) is 15.3. The standard InChI is InChI=1S/C17H26FN3/c1-4-19-16(21-11-9-17(2,3)13-21)20-10-8-14-6-5-7-15(18)12-14/h5-7,12H,4,8-11,13H2,1-3H3,(H,19,20). The second kappa shape index (κ2) is 6.92. The summed E-state index contributed by atoms with van der Waals surface area (Å²) < 4.78 is 13.1. The Morgan fingerprint density at radius 3 is 2.86 bits per heavy atom. The van der Waals surface area contributed by atoms with Crippen LogP contribution in [0.1, 0.15) is 32.8 Å². The van der Waals surface area contributed by atoms with Gasteiger partial charge in [0.1, 0.15) is 5.82 Å². The predicted octanol–water partition coefficient (Wildman–Crippen LogP) is 3.07. The van der Waals surface area contributed by atoms with Crippen LogP contribution in [0, 0.1) is 11.2 Å². The largest absolute Gasteiger partial charge is 0.357 e. The number of guanidine groups is 1. The minimum absolute atomic E-state index is 0.176. The molecule has 1 aromatic rings. The number of nitrogens with one attached hydrogen (secondary N) is 1. The van der Waals surface area contributed by atoms with Crippen LogP contribution >= 0.6 is 0 Å². The van der Waals surface area contributed by atoms with Crippen LogP contribution in [0.2, 0.25) is 0 Å². The maximum absolute atomic E-state index is 13.1. The van der Waals surface area contributed by atoms with Gasteiger partial charge in [-0.1, -0.05) is 26.0 Å². The molecular formula is C17H26FN3. The van der Waals surface area contributed by atoms with Gasteiger partial charge in [-0.2, -0.15) is 0 Å². The summed E-state index contributed by atoms with van der Waals surface area (Å²) in [5.74, 6) is 0.809. The number of benzene rings is 1. The Kier molecular flexibility index (Phi) is 5.21. The van der Waals surface area contributed by atoms with Gasteiger partial charge >= 0.3 is 0 Å². The second-order valence-electron chi connectivity index (χ2n) is 6.45. The average molecular weight is 291 g/mol. The Balaban J connectivity index is 1.95. The lowest BCUT2D eigenvalue weighted by molar-refractivity contribution is 0.370. The molecule has 2 rings (SSSR count). The molecule has 0 aromatic heterocycles. The first-order valence-corrected chi connectivity index (χ1v) is 7.78. The maximum atomic E-state index is 13.1. The molecule has 1 fully saturated rings. The molecule has 116 valence electrons. The first kappa shape index (κ1) is 15.8. The molecule has 0 bridgehead atoms. The van der Waals surface area contributed by atoms with E-state index in [1.54, 1.807) is 12.1 Å². The molecule has 0 amide bonds. The Labute approximate surface area is 127 Å². The molecule has 1 aliphatic rings. The molecular weight excluding hydrogens is 265 g/mol. The highest BCUT2D eigenvalue weighted by Crippen LogP contribution is 2.28. The quantitative estimate of drug-likeness (QED) is 0.682. The van der Waals surface area contributed by atoms with E-state index in [0.29, 0.717) is 12.0 Å². The van der Waals surface area contributed by atoms with E-state index >= 15 is 0 Å². The number of hydrogen-bond donors (Lipinski definition) is 1. The van der Waals surface area contributed by atoms with Crippen LogP contribution in [0.3, 0.4) is 0 Å². The van der Waals surface area contributed by atoms with Crippen molar-refractivity contribution < 1.29 is 4.39 Å². The van der Waals surface area contributed by atoms with Crippen LogP contribution in [0.5, 0.6) is 0 Å². The molecule has 1 heterocycles. The van der Waals surface area contributed by atoms with Gasteiger partial charge in [0.15, 0.2) is 5.96 Å². The molecule has 1 N–H and O–H groups in total. The SMILES string of the molecule is CCNC(=NCCc1cccc(F)c1)N1CCC(C)(C)C1. The molecule has 1 saturated heterocycles. The fourth-order valence-electron chi connectivity index (χ4n) is 2.70. The van der Waals surface area contributed by atoms with E-state index in [9.17, 15) is 4.39 Å². The lowest BCUT2D eigenvalue weighted by Crippen LogP contribution is -2.40. The van der Waals surface area contributed by atoms with Gasteiger partial charge in [-0.25, -0.2) is 4.39 Å². The summed E-state index contributed by atoms with van der Waals surface area (Å²) in [5.41, 5.74) is 1.36. The summed E-state index contributed by atoms with van der Waals surface area (Å²) in [7, 11) is 0. The Hall–Kier alpha value is -1.58. The minimum Gasteiger partial charge on any atom is -0.357 e. The summed E-state index contributed by atoms with van der Waals surface area (Å²) in [6.45, 7) is 10.3. The molecule has 0 spiro atoms. The van der Waals surface area contributed by atoms with Crippen molar-refractivity contribution in [2.75, 3.05) is 26.2 Å². The van der Waals surface area contributed by atoms with Crippen LogP contribution in [0.25, 0.3) is 0 Å². The van der Waals surface area contributed by atoms with Crippen LogP contribution in [0.4, 0.5) is 4.39 Å². The maximum Gasteiger partial charge on any atom is 0.193 e. The fourth-order valence-corrected chi connectivity index (χ4v) is 2.70. The molecule has 4 heteroatoms. The molecule has 1 aromatic carbocycles. The highest BCUT2D eigenvalue weighted by molar-refractivity contribution is 5.80. The summed E-state index contributed by atoms with van der Waals surface area (Å²) in [4.78, 5) is 7.02. The second-order valence-corrected chi connectivity index (χ2v) is 6.45. The van der Waals surface area contributed by atoms with Gasteiger partial charge in [-0.3, -0.25) is 4.99 Å². The van der Waals surface area contributed by atoms with Gasteiger partial charge < -0.3 is 10.2 Å². The number of nitrogens with zero attached hydrogens (tertiary/aromatic N) is 2. The van der Waals surface area contributed by atoms with Crippen LogP contribution in [0.15, 0.2) is 29.3 Å². The van der Waals surface area contributed by atoms with Crippen LogP contribution in [-0.4, -0.2) is 37.0 Å². The number of rotatable bonds is 4. The van der Waals surface area contributed by atoms with E-state index in [-0.39, 0.29) is 5.82 Å². The van der Waals surface area contributed by atoms with E-state index in [0.717, 1.165) is 37.6 Å². The monoisotopic (exact) mass is 291 g/mol. The average Bonchev–Trinajstić information content (AvgIpc) is 2.78. The van der Waals surface area contributed by atoms with E-state index in [1.807, 2.05) is 6.07 Å². The first-order valence-electron chi connectivity index (χ1n) is 7.78. The molecule has 3 nitrogen and oxygen atoms in total. The van der Waals surface area contributed by atoms with E-state index in [2.05, 4.69) is 31.0 Å². The summed E-state index contributed by atoms with van der Waals surface area (Å²) in [6.07, 6.45) is 1.96. The van der Waals surface area contributed by atoms with Crippen molar-refractivity contribution in [3.8, 4) is 0 Å². The lowest BCUT2D eigenvalue weighted by atomic mass is 9.93. The third-order valence-electron chi connectivity index (χ3n) is 3.86. The third kappa shape index (κ3) is 4.73. The Morgan fingerprint density at radius 1 is 1.43 bits per heavy atom. The number of hydrogen-bond acceptors (Lipinski definition) is 1. The van der Waals surface area contributed by atoms with E-state index in [1.165, 1.54) is 12.5 Å². The number of likely N-dealkylation sites (tertiary alicyclic amines) is 1. The zero-order valence-corrected chi connectivity index (χ0v) is 13.3. The molecule has 1 aliphatic heterocycles. The summed E-state index contributed by atoms with van der Waals surface area (Å²) in [5, 5.41) is 3.36. The van der Waals surface area contributed by atoms with Crippen molar-refractivity contribution >= 4 is 5.96 Å². The third-order valence-corrected chi connectivity index (χ3v) is 3.86. The molecule has 21 heavy (non-hydrogen) atoms. The van der Waals surface area contributed by atoms with Crippen molar-refractivity contribution in [2.45, 2.75) is 33.6 Å². The molecule has 0 saturated carbocycles. The normalized spacial score (nSPS) is 18.1. The topological polar surface area (TPSA) is 27.6 Å². The number of aliphatic imine (C=N–C) groups is 1. The van der Waals surface area contributed by atoms with Gasteiger partial charge in [0.25, 0.3) is 0 Å². The smallest absolute Gasteiger partial charge is 0.193 e. The van der Waals surface area contributed by atoms with Gasteiger partial charge in [-0.05, 0) is 42.9 Å². The molecule has 0 radical (unpaired) electrons. The van der Waals surface area contributed by atoms with Crippen molar-refractivity contribution in [3.63, 3.8) is 0 Å². The first-order chi connectivity index (χ1) is 10.00. The highest BCUT2D eigenvalue weighted by Gasteiger charge is 2.30. The van der Waals surface area contributed by atoms with Crippen LogP contribution in [-0.2, 0) is 6.42 Å². The summed E-state index contributed by atoms with van der Waals surface area (Å²) >= 11 is 0. The summed E-state index contributed by atoms with van der Waals surface area (Å²) in [6, 6.07) is 6.76. The van der Waals surface area contributed by atoms with Crippen molar-refractivity contribution in [1.29, 1.82) is 0 Å². The van der Waals surface area contributed by atoms with Crippen molar-refractivity contribution in [3.05, 3.63) is 35.6 Å². The lowest BCUT2D eigenvalue weighted by Gasteiger charge is -2.23. The zero-order valence-electron chi connectivity index (χ0n) is 13.3. The molecule has 0 unspecified atom stereocenters. The van der Waals surface area contributed by atoms with E-state index in [4.69, 9.17) is 4.99 Å². The van der Waals surface area contributed by atoms with Gasteiger partial charge in [0.2, 0.25) is 0 Å². The predicted molar refractivity (Wildman–Crippen MR) is 86.1 cm³/mol. The Bertz CT molecular complexity index is 497. The minimum atomic E-state index is -0.176. The van der Waals surface area contributed by atoms with Crippen LogP contribution < -0.4 is 5.32 Å². The van der Waals surface area contributed by atoms with Crippen molar-refractivity contribution in [1.82, 2.24) is 10.2 Å². The van der Waals surface area contributed by atoms with Gasteiger partial charge in [-0.15, -0.1) is 0 Å². The molecule has 0 atom stereocenters. The fraction of sp³-hybridized carbons (Fsp3) is 0.588. The van der Waals surface area contributed by atoms with Gasteiger partial charge in [0.05, 0.1) is 0 Å². The van der Waals surface area contributed by atoms with Crippen molar-refractivity contribution in [2.24, 2.45) is 10.4 Å².